The molecule has 8 heteroatoms. The molecular formula is C23H33N3O4S. The van der Waals surface area contributed by atoms with Crippen molar-refractivity contribution >= 4 is 23.2 Å². The summed E-state index contributed by atoms with van der Waals surface area (Å²) >= 11 is 5.60. The number of carbonyl (C=O) groups is 1. The predicted molar refractivity (Wildman–Crippen MR) is 125 cm³/mol. The van der Waals surface area contributed by atoms with Gasteiger partial charge in [-0.15, -0.1) is 0 Å². The minimum absolute atomic E-state index is 0.00841. The molecular weight excluding hydrogens is 414 g/mol. The summed E-state index contributed by atoms with van der Waals surface area (Å²) in [5, 5.41) is 7.60. The van der Waals surface area contributed by atoms with Gasteiger partial charge in [-0.25, -0.2) is 0 Å². The van der Waals surface area contributed by atoms with Crippen molar-refractivity contribution in [2.75, 3.05) is 41.0 Å². The van der Waals surface area contributed by atoms with Gasteiger partial charge in [0.05, 0.1) is 27.8 Å². The largest absolute Gasteiger partial charge is 0.493 e. The lowest BCUT2D eigenvalue weighted by Gasteiger charge is -2.30. The Balaban J connectivity index is 1.60. The Kier molecular flexibility index (Phi) is 8.40. The van der Waals surface area contributed by atoms with E-state index >= 15 is 0 Å². The van der Waals surface area contributed by atoms with Gasteiger partial charge in [0.1, 0.15) is 0 Å². The van der Waals surface area contributed by atoms with Crippen LogP contribution >= 0.6 is 12.2 Å². The van der Waals surface area contributed by atoms with Crippen molar-refractivity contribution in [1.29, 1.82) is 0 Å². The van der Waals surface area contributed by atoms with Gasteiger partial charge in [-0.3, -0.25) is 14.8 Å². The number of amides is 1. The molecule has 0 saturated carbocycles. The fraction of sp³-hybridized carbons (Fsp3) is 0.565. The summed E-state index contributed by atoms with van der Waals surface area (Å²) in [6.07, 6.45) is 9.45. The Morgan fingerprint density at radius 2 is 1.74 bits per heavy atom. The van der Waals surface area contributed by atoms with Gasteiger partial charge in [0.2, 0.25) is 11.7 Å². The van der Waals surface area contributed by atoms with E-state index in [4.69, 9.17) is 26.4 Å². The van der Waals surface area contributed by atoms with E-state index in [0.717, 1.165) is 31.5 Å². The first-order chi connectivity index (χ1) is 15.1. The van der Waals surface area contributed by atoms with E-state index in [0.29, 0.717) is 28.9 Å². The first-order valence-electron chi connectivity index (χ1n) is 10.9. The van der Waals surface area contributed by atoms with Crippen molar-refractivity contribution in [2.24, 2.45) is 0 Å². The van der Waals surface area contributed by atoms with Gasteiger partial charge in [-0.05, 0) is 68.4 Å². The molecule has 0 unspecified atom stereocenters. The summed E-state index contributed by atoms with van der Waals surface area (Å²) in [4.78, 5) is 13.1. The van der Waals surface area contributed by atoms with Crippen LogP contribution in [0, 0.1) is 0 Å². The van der Waals surface area contributed by atoms with Gasteiger partial charge >= 0.3 is 0 Å². The number of rotatable bonds is 8. The predicted octanol–water partition coefficient (Wildman–Crippen LogP) is 3.47. The van der Waals surface area contributed by atoms with Crippen LogP contribution in [0.3, 0.4) is 0 Å². The molecule has 1 heterocycles. The lowest BCUT2D eigenvalue weighted by atomic mass is 9.97. The maximum atomic E-state index is 13.1. The molecule has 0 spiro atoms. The molecule has 1 aromatic rings. The molecule has 1 N–H and O–H groups in total. The second-order valence-corrected chi connectivity index (χ2v) is 8.18. The number of benzene rings is 1. The third-order valence-corrected chi connectivity index (χ3v) is 6.10. The van der Waals surface area contributed by atoms with E-state index in [2.05, 4.69) is 11.4 Å². The van der Waals surface area contributed by atoms with Crippen molar-refractivity contribution in [1.82, 2.24) is 15.3 Å². The normalized spacial score (nSPS) is 16.0. The minimum Gasteiger partial charge on any atom is -0.493 e. The highest BCUT2D eigenvalue weighted by molar-refractivity contribution is 7.80. The lowest BCUT2D eigenvalue weighted by Crippen LogP contribution is -2.49. The zero-order valence-corrected chi connectivity index (χ0v) is 19.6. The number of hydrazine groups is 1. The maximum absolute atomic E-state index is 13.1. The molecule has 1 aliphatic heterocycles. The lowest BCUT2D eigenvalue weighted by molar-refractivity contribution is -0.138. The summed E-state index contributed by atoms with van der Waals surface area (Å²) in [5.41, 5.74) is 2.31. The molecule has 0 atom stereocenters. The molecule has 1 saturated heterocycles. The van der Waals surface area contributed by atoms with Crippen molar-refractivity contribution in [3.05, 3.63) is 29.3 Å². The number of ether oxygens (including phenoxy) is 3. The van der Waals surface area contributed by atoms with Gasteiger partial charge in [0, 0.05) is 19.6 Å². The fourth-order valence-corrected chi connectivity index (χ4v) is 4.43. The molecule has 1 fully saturated rings. The summed E-state index contributed by atoms with van der Waals surface area (Å²) < 4.78 is 16.2. The first-order valence-corrected chi connectivity index (χ1v) is 11.3. The van der Waals surface area contributed by atoms with Gasteiger partial charge in [-0.2, -0.15) is 0 Å². The van der Waals surface area contributed by atoms with E-state index in [1.807, 2.05) is 17.1 Å². The SMILES string of the molecule is COc1cc(CC(=O)N2CCCN2C(=S)NCCC2=CCCCC2)cc(OC)c1OC. The van der Waals surface area contributed by atoms with E-state index in [1.165, 1.54) is 31.3 Å². The molecule has 1 amide bonds. The van der Waals surface area contributed by atoms with Crippen LogP contribution in [-0.4, -0.2) is 62.0 Å². The highest BCUT2D eigenvalue weighted by Crippen LogP contribution is 2.38. The standard InChI is InChI=1S/C23H33N3O4S/c1-28-19-14-18(15-20(29-2)22(19)30-3)16-21(27)25-12-7-13-26(25)23(31)24-11-10-17-8-5-4-6-9-17/h8,14-15H,4-7,9-13,16H2,1-3H3,(H,24,31). The van der Waals surface area contributed by atoms with Crippen LogP contribution in [0.1, 0.15) is 44.1 Å². The van der Waals surface area contributed by atoms with Crippen molar-refractivity contribution in [3.8, 4) is 17.2 Å². The van der Waals surface area contributed by atoms with E-state index in [9.17, 15) is 4.79 Å². The zero-order chi connectivity index (χ0) is 22.2. The Labute approximate surface area is 190 Å². The molecule has 31 heavy (non-hydrogen) atoms. The topological polar surface area (TPSA) is 63.3 Å². The Morgan fingerprint density at radius 3 is 2.35 bits per heavy atom. The van der Waals surface area contributed by atoms with Crippen LogP contribution in [0.25, 0.3) is 0 Å². The number of methoxy groups -OCH3 is 3. The van der Waals surface area contributed by atoms with Crippen LogP contribution in [0.2, 0.25) is 0 Å². The number of allylic oxidation sites excluding steroid dienone is 1. The van der Waals surface area contributed by atoms with Crippen LogP contribution < -0.4 is 19.5 Å². The van der Waals surface area contributed by atoms with Crippen LogP contribution in [0.5, 0.6) is 17.2 Å². The van der Waals surface area contributed by atoms with Crippen LogP contribution in [-0.2, 0) is 11.2 Å². The first kappa shape index (κ1) is 23.2. The average molecular weight is 448 g/mol. The second kappa shape index (κ2) is 11.2. The molecule has 7 nitrogen and oxygen atoms in total. The number of nitrogens with zero attached hydrogens (tertiary/aromatic N) is 2. The summed E-state index contributed by atoms with van der Waals surface area (Å²) in [6, 6.07) is 3.63. The Hall–Kier alpha value is -2.48. The maximum Gasteiger partial charge on any atom is 0.245 e. The van der Waals surface area contributed by atoms with Gasteiger partial charge in [0.25, 0.3) is 0 Å². The highest BCUT2D eigenvalue weighted by atomic mass is 32.1. The van der Waals surface area contributed by atoms with E-state index in [-0.39, 0.29) is 12.3 Å². The van der Waals surface area contributed by atoms with Crippen molar-refractivity contribution < 1.29 is 19.0 Å². The number of hydrogen-bond donors (Lipinski definition) is 1. The molecule has 0 radical (unpaired) electrons. The molecule has 170 valence electrons. The Bertz CT molecular complexity index is 802. The van der Waals surface area contributed by atoms with Crippen molar-refractivity contribution in [3.63, 3.8) is 0 Å². The van der Waals surface area contributed by atoms with Crippen LogP contribution in [0.4, 0.5) is 0 Å². The summed E-state index contributed by atoms with van der Waals surface area (Å²) in [6.45, 7) is 2.21. The quantitative estimate of drug-likeness (QED) is 0.484. The smallest absolute Gasteiger partial charge is 0.245 e. The average Bonchev–Trinajstić information content (AvgIpc) is 3.29. The number of thiocarbonyl (C=S) groups is 1. The molecule has 1 aromatic carbocycles. The Morgan fingerprint density at radius 1 is 1.03 bits per heavy atom. The summed E-state index contributed by atoms with van der Waals surface area (Å²) in [7, 11) is 4.70. The zero-order valence-electron chi connectivity index (χ0n) is 18.7. The molecule has 3 rings (SSSR count). The molecule has 1 aliphatic carbocycles. The van der Waals surface area contributed by atoms with Gasteiger partial charge in [-0.1, -0.05) is 11.6 Å². The van der Waals surface area contributed by atoms with Gasteiger partial charge < -0.3 is 19.5 Å². The third-order valence-electron chi connectivity index (χ3n) is 5.74. The third kappa shape index (κ3) is 5.81. The van der Waals surface area contributed by atoms with Gasteiger partial charge in [0.15, 0.2) is 16.6 Å². The number of carbonyl (C=O) groups excluding carboxylic acids is 1. The minimum atomic E-state index is -0.00841. The molecule has 2 aliphatic rings. The van der Waals surface area contributed by atoms with Crippen LogP contribution in [0.15, 0.2) is 23.8 Å². The number of hydrogen-bond acceptors (Lipinski definition) is 5. The number of nitrogens with one attached hydrogen (secondary N) is 1. The second-order valence-electron chi connectivity index (χ2n) is 7.79. The highest BCUT2D eigenvalue weighted by Gasteiger charge is 2.29. The van der Waals surface area contributed by atoms with E-state index in [1.54, 1.807) is 26.3 Å². The molecule has 0 aromatic heterocycles. The fourth-order valence-electron chi connectivity index (χ4n) is 4.14. The van der Waals surface area contributed by atoms with Crippen molar-refractivity contribution in [2.45, 2.75) is 44.9 Å². The van der Waals surface area contributed by atoms with E-state index < -0.39 is 0 Å². The molecule has 0 bridgehead atoms. The monoisotopic (exact) mass is 447 g/mol. The summed E-state index contributed by atoms with van der Waals surface area (Å²) in [5.74, 6) is 1.59.